The Bertz CT molecular complexity index is 582. The number of hydrogen-bond donors (Lipinski definition) is 1. The number of piperidine rings is 1. The van der Waals surface area contributed by atoms with Gasteiger partial charge in [0.1, 0.15) is 17.0 Å². The maximum absolute atomic E-state index is 13.6. The molecule has 1 fully saturated rings. The van der Waals surface area contributed by atoms with Crippen LogP contribution in [0, 0.1) is 17.0 Å². The van der Waals surface area contributed by atoms with Crippen LogP contribution in [-0.4, -0.2) is 29.8 Å². The van der Waals surface area contributed by atoms with Crippen molar-refractivity contribution in [1.29, 1.82) is 0 Å². The van der Waals surface area contributed by atoms with Gasteiger partial charge in [0.15, 0.2) is 0 Å². The van der Waals surface area contributed by atoms with Gasteiger partial charge in [0.2, 0.25) is 11.8 Å². The van der Waals surface area contributed by atoms with Crippen molar-refractivity contribution < 1.29 is 18.4 Å². The lowest BCUT2D eigenvalue weighted by Gasteiger charge is -2.33. The van der Waals surface area contributed by atoms with Gasteiger partial charge >= 0.3 is 0 Å². The summed E-state index contributed by atoms with van der Waals surface area (Å²) >= 11 is 0. The van der Waals surface area contributed by atoms with Crippen LogP contribution in [0.5, 0.6) is 0 Å². The van der Waals surface area contributed by atoms with Gasteiger partial charge < -0.3 is 10.2 Å². The van der Waals surface area contributed by atoms with Crippen LogP contribution >= 0.6 is 0 Å². The molecule has 0 saturated carbocycles. The highest BCUT2D eigenvalue weighted by atomic mass is 19.1. The molecule has 1 aromatic rings. The van der Waals surface area contributed by atoms with E-state index in [-0.39, 0.29) is 11.6 Å². The minimum Gasteiger partial charge on any atom is -0.342 e. The molecule has 0 unspecified atom stereocenters. The van der Waals surface area contributed by atoms with E-state index in [1.165, 1.54) is 13.8 Å². The summed E-state index contributed by atoms with van der Waals surface area (Å²) in [7, 11) is 0. The van der Waals surface area contributed by atoms with Gasteiger partial charge in [-0.15, -0.1) is 0 Å². The van der Waals surface area contributed by atoms with Crippen LogP contribution in [0.15, 0.2) is 18.2 Å². The smallest absolute Gasteiger partial charge is 0.239 e. The molecule has 6 heteroatoms. The first-order valence-corrected chi connectivity index (χ1v) is 7.38. The Morgan fingerprint density at radius 3 is 2.36 bits per heavy atom. The monoisotopic (exact) mass is 310 g/mol. The van der Waals surface area contributed by atoms with Gasteiger partial charge in [-0.3, -0.25) is 9.59 Å². The zero-order chi connectivity index (χ0) is 16.3. The second kappa shape index (κ2) is 6.42. The van der Waals surface area contributed by atoms with Crippen molar-refractivity contribution in [3.8, 4) is 0 Å². The topological polar surface area (TPSA) is 49.4 Å². The molecule has 0 spiro atoms. The van der Waals surface area contributed by atoms with E-state index in [1.807, 2.05) is 0 Å². The molecule has 2 amide bonds. The minimum absolute atomic E-state index is 0.133. The summed E-state index contributed by atoms with van der Waals surface area (Å²) in [5, 5.41) is 2.37. The molecule has 1 heterocycles. The van der Waals surface area contributed by atoms with E-state index >= 15 is 0 Å². The molecule has 1 N–H and O–H groups in total. The molecule has 0 aromatic heterocycles. The molecule has 1 saturated heterocycles. The van der Waals surface area contributed by atoms with Gasteiger partial charge in [0.25, 0.3) is 0 Å². The van der Waals surface area contributed by atoms with Crippen LogP contribution in [0.2, 0.25) is 0 Å². The number of rotatable bonds is 3. The van der Waals surface area contributed by atoms with Gasteiger partial charge in [-0.1, -0.05) is 0 Å². The summed E-state index contributed by atoms with van der Waals surface area (Å²) < 4.78 is 26.5. The van der Waals surface area contributed by atoms with Gasteiger partial charge in [0.05, 0.1) is 5.69 Å². The number of nitrogens with one attached hydrogen (secondary N) is 1. The van der Waals surface area contributed by atoms with E-state index in [1.54, 1.807) is 4.90 Å². The maximum atomic E-state index is 13.6. The highest BCUT2D eigenvalue weighted by Gasteiger charge is 2.39. The molecular formula is C16H20F2N2O2. The first-order valence-electron chi connectivity index (χ1n) is 7.38. The number of carbonyl (C=O) groups is 2. The minimum atomic E-state index is -1.31. The first kappa shape index (κ1) is 16.4. The Balaban J connectivity index is 2.10. The number of anilines is 1. The van der Waals surface area contributed by atoms with Gasteiger partial charge in [-0.2, -0.15) is 0 Å². The number of nitrogens with zero attached hydrogens (tertiary/aromatic N) is 1. The predicted molar refractivity (Wildman–Crippen MR) is 79.2 cm³/mol. The van der Waals surface area contributed by atoms with Crippen LogP contribution in [0.3, 0.4) is 0 Å². The predicted octanol–water partition coefficient (Wildman–Crippen LogP) is 2.94. The second-order valence-electron chi connectivity index (χ2n) is 6.06. The number of likely N-dealkylation sites (tertiary alicyclic amines) is 1. The number of amides is 2. The van der Waals surface area contributed by atoms with Crippen molar-refractivity contribution in [2.45, 2.75) is 33.1 Å². The number of halogens is 2. The zero-order valence-corrected chi connectivity index (χ0v) is 12.8. The second-order valence-corrected chi connectivity index (χ2v) is 6.06. The lowest BCUT2D eigenvalue weighted by atomic mass is 9.89. The fraction of sp³-hybridized carbons (Fsp3) is 0.500. The van der Waals surface area contributed by atoms with Crippen molar-refractivity contribution in [3.63, 3.8) is 0 Å². The van der Waals surface area contributed by atoms with E-state index in [9.17, 15) is 18.4 Å². The molecule has 1 aromatic carbocycles. The van der Waals surface area contributed by atoms with Crippen LogP contribution < -0.4 is 5.32 Å². The van der Waals surface area contributed by atoms with E-state index in [0.717, 1.165) is 31.4 Å². The third kappa shape index (κ3) is 3.43. The van der Waals surface area contributed by atoms with Gasteiger partial charge in [0, 0.05) is 19.2 Å². The Labute approximate surface area is 128 Å². The molecule has 0 radical (unpaired) electrons. The fourth-order valence-corrected chi connectivity index (χ4v) is 2.46. The summed E-state index contributed by atoms with van der Waals surface area (Å²) in [6, 6.07) is 2.89. The van der Waals surface area contributed by atoms with E-state index in [0.29, 0.717) is 19.2 Å². The maximum Gasteiger partial charge on any atom is 0.239 e. The van der Waals surface area contributed by atoms with Crippen molar-refractivity contribution >= 4 is 17.5 Å². The lowest BCUT2D eigenvalue weighted by Crippen LogP contribution is -2.49. The Kier molecular flexibility index (Phi) is 4.78. The van der Waals surface area contributed by atoms with Crippen LogP contribution in [-0.2, 0) is 9.59 Å². The normalized spacial score (nSPS) is 15.5. The van der Waals surface area contributed by atoms with Gasteiger partial charge in [-0.05, 0) is 45.2 Å². The van der Waals surface area contributed by atoms with Crippen LogP contribution in [0.25, 0.3) is 0 Å². The van der Waals surface area contributed by atoms with Crippen molar-refractivity contribution in [2.75, 3.05) is 18.4 Å². The fourth-order valence-electron chi connectivity index (χ4n) is 2.46. The number of hydrogen-bond acceptors (Lipinski definition) is 2. The number of benzene rings is 1. The lowest BCUT2D eigenvalue weighted by molar-refractivity contribution is -0.147. The number of carbonyl (C=O) groups excluding carboxylic acids is 2. The Morgan fingerprint density at radius 2 is 1.77 bits per heavy atom. The van der Waals surface area contributed by atoms with Crippen molar-refractivity contribution in [1.82, 2.24) is 4.90 Å². The van der Waals surface area contributed by atoms with Crippen LogP contribution in [0.1, 0.15) is 33.1 Å². The SMILES string of the molecule is CC(C)(C(=O)Nc1ccc(F)cc1F)C(=O)N1CCCCC1. The zero-order valence-electron chi connectivity index (χ0n) is 12.8. The Hall–Kier alpha value is -1.98. The summed E-state index contributed by atoms with van der Waals surface area (Å²) in [5.41, 5.74) is -1.44. The molecule has 0 bridgehead atoms. The third-order valence-electron chi connectivity index (χ3n) is 3.92. The molecule has 2 rings (SSSR count). The van der Waals surface area contributed by atoms with Gasteiger partial charge in [-0.25, -0.2) is 8.78 Å². The molecule has 120 valence electrons. The van der Waals surface area contributed by atoms with Crippen molar-refractivity contribution in [3.05, 3.63) is 29.8 Å². The summed E-state index contributed by atoms with van der Waals surface area (Å²) in [6.07, 6.45) is 2.93. The molecule has 1 aliphatic rings. The summed E-state index contributed by atoms with van der Waals surface area (Å²) in [4.78, 5) is 26.5. The van der Waals surface area contributed by atoms with E-state index < -0.39 is 23.0 Å². The highest BCUT2D eigenvalue weighted by Crippen LogP contribution is 2.25. The highest BCUT2D eigenvalue weighted by molar-refractivity contribution is 6.09. The summed E-state index contributed by atoms with van der Waals surface area (Å²) in [5.74, 6) is -2.46. The molecule has 4 nitrogen and oxygen atoms in total. The molecular weight excluding hydrogens is 290 g/mol. The quantitative estimate of drug-likeness (QED) is 0.873. The average molecular weight is 310 g/mol. The third-order valence-corrected chi connectivity index (χ3v) is 3.92. The standard InChI is InChI=1S/C16H20F2N2O2/c1-16(2,15(22)20-8-4-3-5-9-20)14(21)19-13-7-6-11(17)10-12(13)18/h6-7,10H,3-5,8-9H2,1-2H3,(H,19,21). The first-order chi connectivity index (χ1) is 10.3. The Morgan fingerprint density at radius 1 is 1.14 bits per heavy atom. The molecule has 1 aliphatic heterocycles. The largest absolute Gasteiger partial charge is 0.342 e. The average Bonchev–Trinajstić information content (AvgIpc) is 2.50. The van der Waals surface area contributed by atoms with Crippen LogP contribution in [0.4, 0.5) is 14.5 Å². The van der Waals surface area contributed by atoms with E-state index in [4.69, 9.17) is 0 Å². The van der Waals surface area contributed by atoms with Crippen molar-refractivity contribution in [2.24, 2.45) is 5.41 Å². The molecule has 22 heavy (non-hydrogen) atoms. The van der Waals surface area contributed by atoms with E-state index in [2.05, 4.69) is 5.32 Å². The summed E-state index contributed by atoms with van der Waals surface area (Å²) in [6.45, 7) is 4.31. The molecule has 0 atom stereocenters. The molecule has 0 aliphatic carbocycles.